The lowest BCUT2D eigenvalue weighted by Crippen LogP contribution is -2.11. The highest BCUT2D eigenvalue weighted by atomic mass is 35.5. The standard InChI is InChI=1S/C9H9ClFNO/c1-6-2-8(10)7(4-12-5-13)9(11)3-6/h2-3,5H,4H2,1H3,(H,12,13). The van der Waals surface area contributed by atoms with Gasteiger partial charge in [-0.1, -0.05) is 11.6 Å². The zero-order valence-electron chi connectivity index (χ0n) is 7.10. The molecule has 0 unspecified atom stereocenters. The average Bonchev–Trinajstić information content (AvgIpc) is 2.02. The summed E-state index contributed by atoms with van der Waals surface area (Å²) in [6.45, 7) is 1.88. The molecule has 4 heteroatoms. The predicted molar refractivity (Wildman–Crippen MR) is 49.1 cm³/mol. The second-order valence-corrected chi connectivity index (χ2v) is 3.11. The molecule has 0 aliphatic rings. The van der Waals surface area contributed by atoms with Crippen molar-refractivity contribution in [3.8, 4) is 0 Å². The van der Waals surface area contributed by atoms with Crippen molar-refractivity contribution in [1.82, 2.24) is 5.32 Å². The van der Waals surface area contributed by atoms with Crippen LogP contribution in [0.25, 0.3) is 0 Å². The number of hydrogen-bond donors (Lipinski definition) is 1. The molecule has 0 atom stereocenters. The van der Waals surface area contributed by atoms with Crippen LogP contribution in [-0.4, -0.2) is 6.41 Å². The quantitative estimate of drug-likeness (QED) is 0.745. The number of hydrogen-bond acceptors (Lipinski definition) is 1. The van der Waals surface area contributed by atoms with E-state index >= 15 is 0 Å². The van der Waals surface area contributed by atoms with E-state index in [0.717, 1.165) is 5.56 Å². The molecule has 0 aliphatic carbocycles. The second kappa shape index (κ2) is 4.23. The average molecular weight is 202 g/mol. The van der Waals surface area contributed by atoms with Crippen LogP contribution in [0.5, 0.6) is 0 Å². The Labute approximate surface area is 80.7 Å². The number of amides is 1. The molecule has 0 saturated carbocycles. The van der Waals surface area contributed by atoms with Crippen LogP contribution in [0.4, 0.5) is 4.39 Å². The third-order valence-electron chi connectivity index (χ3n) is 1.65. The van der Waals surface area contributed by atoms with Gasteiger partial charge in [0.15, 0.2) is 0 Å². The molecule has 1 aromatic carbocycles. The molecule has 1 amide bonds. The minimum atomic E-state index is -0.389. The first-order chi connectivity index (χ1) is 6.15. The molecule has 0 aromatic heterocycles. The van der Waals surface area contributed by atoms with Gasteiger partial charge in [0.05, 0.1) is 0 Å². The maximum atomic E-state index is 13.2. The van der Waals surface area contributed by atoms with E-state index in [1.54, 1.807) is 13.0 Å². The molecule has 0 saturated heterocycles. The summed E-state index contributed by atoms with van der Waals surface area (Å²) >= 11 is 5.77. The van der Waals surface area contributed by atoms with Crippen molar-refractivity contribution in [3.05, 3.63) is 34.1 Å². The first kappa shape index (κ1) is 9.99. The van der Waals surface area contributed by atoms with Crippen molar-refractivity contribution in [2.75, 3.05) is 0 Å². The summed E-state index contributed by atoms with van der Waals surface area (Å²) in [4.78, 5) is 9.99. The van der Waals surface area contributed by atoms with E-state index in [9.17, 15) is 9.18 Å². The number of rotatable bonds is 3. The topological polar surface area (TPSA) is 29.1 Å². The highest BCUT2D eigenvalue weighted by Gasteiger charge is 2.07. The summed E-state index contributed by atoms with van der Waals surface area (Å²) < 4.78 is 13.2. The molecule has 0 spiro atoms. The largest absolute Gasteiger partial charge is 0.354 e. The van der Waals surface area contributed by atoms with E-state index in [1.165, 1.54) is 6.07 Å². The zero-order valence-corrected chi connectivity index (χ0v) is 7.86. The fourth-order valence-corrected chi connectivity index (χ4v) is 1.37. The maximum Gasteiger partial charge on any atom is 0.207 e. The van der Waals surface area contributed by atoms with Gasteiger partial charge in [-0.3, -0.25) is 4.79 Å². The van der Waals surface area contributed by atoms with Crippen molar-refractivity contribution >= 4 is 18.0 Å². The Morgan fingerprint density at radius 1 is 1.62 bits per heavy atom. The Hall–Kier alpha value is -1.09. The highest BCUT2D eigenvalue weighted by molar-refractivity contribution is 6.31. The molecular weight excluding hydrogens is 193 g/mol. The lowest BCUT2D eigenvalue weighted by atomic mass is 10.1. The van der Waals surface area contributed by atoms with Gasteiger partial charge >= 0.3 is 0 Å². The summed E-state index contributed by atoms with van der Waals surface area (Å²) in [6.07, 6.45) is 0.510. The number of benzene rings is 1. The molecule has 0 bridgehead atoms. The van der Waals surface area contributed by atoms with Crippen molar-refractivity contribution in [1.29, 1.82) is 0 Å². The molecule has 1 N–H and O–H groups in total. The number of nitrogens with one attached hydrogen (secondary N) is 1. The number of carbonyl (C=O) groups excluding carboxylic acids is 1. The van der Waals surface area contributed by atoms with Gasteiger partial charge in [0, 0.05) is 17.1 Å². The van der Waals surface area contributed by atoms with Crippen LogP contribution in [0.2, 0.25) is 5.02 Å². The number of aryl methyl sites for hydroxylation is 1. The summed E-state index contributed by atoms with van der Waals surface area (Å²) in [5.74, 6) is -0.389. The van der Waals surface area contributed by atoms with E-state index in [1.807, 2.05) is 0 Å². The summed E-state index contributed by atoms with van der Waals surface area (Å²) in [5.41, 5.74) is 1.08. The van der Waals surface area contributed by atoms with Crippen LogP contribution in [0, 0.1) is 12.7 Å². The maximum absolute atomic E-state index is 13.2. The van der Waals surface area contributed by atoms with Gasteiger partial charge in [-0.2, -0.15) is 0 Å². The predicted octanol–water partition coefficient (Wildman–Crippen LogP) is 2.03. The summed E-state index contributed by atoms with van der Waals surface area (Å²) in [7, 11) is 0. The van der Waals surface area contributed by atoms with E-state index < -0.39 is 0 Å². The molecule has 0 heterocycles. The molecule has 1 aromatic rings. The SMILES string of the molecule is Cc1cc(F)c(CNC=O)c(Cl)c1. The van der Waals surface area contributed by atoms with Gasteiger partial charge in [0.2, 0.25) is 6.41 Å². The molecule has 13 heavy (non-hydrogen) atoms. The van der Waals surface area contributed by atoms with Gasteiger partial charge in [0.1, 0.15) is 5.82 Å². The molecule has 2 nitrogen and oxygen atoms in total. The monoisotopic (exact) mass is 201 g/mol. The fraction of sp³-hybridized carbons (Fsp3) is 0.222. The summed E-state index contributed by atoms with van der Waals surface area (Å²) in [6, 6.07) is 3.04. The van der Waals surface area contributed by atoms with Crippen molar-refractivity contribution in [2.24, 2.45) is 0 Å². The third kappa shape index (κ3) is 2.42. The highest BCUT2D eigenvalue weighted by Crippen LogP contribution is 2.20. The Morgan fingerprint density at radius 3 is 2.85 bits per heavy atom. The fourth-order valence-electron chi connectivity index (χ4n) is 1.04. The van der Waals surface area contributed by atoms with E-state index in [-0.39, 0.29) is 12.4 Å². The second-order valence-electron chi connectivity index (χ2n) is 2.71. The van der Waals surface area contributed by atoms with Crippen LogP contribution in [0.15, 0.2) is 12.1 Å². The van der Waals surface area contributed by atoms with Gasteiger partial charge in [-0.15, -0.1) is 0 Å². The Balaban J connectivity index is 2.98. The minimum Gasteiger partial charge on any atom is -0.354 e. The van der Waals surface area contributed by atoms with Gasteiger partial charge in [-0.05, 0) is 24.6 Å². The lowest BCUT2D eigenvalue weighted by molar-refractivity contribution is -0.109. The van der Waals surface area contributed by atoms with Gasteiger partial charge < -0.3 is 5.32 Å². The molecule has 0 fully saturated rings. The number of carbonyl (C=O) groups is 1. The zero-order chi connectivity index (χ0) is 9.84. The molecule has 1 rings (SSSR count). The minimum absolute atomic E-state index is 0.119. The lowest BCUT2D eigenvalue weighted by Gasteiger charge is -2.05. The van der Waals surface area contributed by atoms with Crippen LogP contribution >= 0.6 is 11.6 Å². The summed E-state index contributed by atoms with van der Waals surface area (Å²) in [5, 5.41) is 2.70. The van der Waals surface area contributed by atoms with E-state index in [4.69, 9.17) is 11.6 Å². The Kier molecular flexibility index (Phi) is 3.25. The molecule has 0 radical (unpaired) electrons. The normalized spacial score (nSPS) is 9.77. The van der Waals surface area contributed by atoms with Gasteiger partial charge in [-0.25, -0.2) is 4.39 Å². The molecule has 0 aliphatic heterocycles. The Morgan fingerprint density at radius 2 is 2.31 bits per heavy atom. The smallest absolute Gasteiger partial charge is 0.207 e. The first-order valence-electron chi connectivity index (χ1n) is 3.76. The first-order valence-corrected chi connectivity index (χ1v) is 4.14. The van der Waals surface area contributed by atoms with Crippen LogP contribution in [0.1, 0.15) is 11.1 Å². The van der Waals surface area contributed by atoms with Crippen LogP contribution in [-0.2, 0) is 11.3 Å². The Bertz CT molecular complexity index is 304. The van der Waals surface area contributed by atoms with E-state index in [2.05, 4.69) is 5.32 Å². The van der Waals surface area contributed by atoms with E-state index in [0.29, 0.717) is 17.0 Å². The van der Waals surface area contributed by atoms with Crippen LogP contribution in [0.3, 0.4) is 0 Å². The number of halogens is 2. The van der Waals surface area contributed by atoms with Crippen molar-refractivity contribution in [2.45, 2.75) is 13.5 Å². The molecule has 70 valence electrons. The third-order valence-corrected chi connectivity index (χ3v) is 1.98. The van der Waals surface area contributed by atoms with Gasteiger partial charge in [0.25, 0.3) is 0 Å². The van der Waals surface area contributed by atoms with Crippen molar-refractivity contribution < 1.29 is 9.18 Å². The van der Waals surface area contributed by atoms with Crippen LogP contribution < -0.4 is 5.32 Å². The molecular formula is C9H9ClFNO. The van der Waals surface area contributed by atoms with Crippen molar-refractivity contribution in [3.63, 3.8) is 0 Å².